The average molecular weight is 606 g/mol. The van der Waals surface area contributed by atoms with Crippen molar-refractivity contribution in [3.8, 4) is 28.2 Å². The second kappa shape index (κ2) is 9.76. The van der Waals surface area contributed by atoms with Crippen molar-refractivity contribution in [3.05, 3.63) is 140 Å². The summed E-state index contributed by atoms with van der Waals surface area (Å²) in [6.07, 6.45) is 3.48. The predicted molar refractivity (Wildman–Crippen MR) is 191 cm³/mol. The first-order valence-electron chi connectivity index (χ1n) is 15.2. The van der Waals surface area contributed by atoms with Crippen molar-refractivity contribution >= 4 is 75.1 Å². The molecule has 0 N–H and O–H groups in total. The second-order valence-electron chi connectivity index (χ2n) is 11.6. The Morgan fingerprint density at radius 1 is 0.500 bits per heavy atom. The van der Waals surface area contributed by atoms with Gasteiger partial charge in [0.2, 0.25) is 0 Å². The van der Waals surface area contributed by atoms with Crippen LogP contribution in [0.2, 0.25) is 0 Å². The lowest BCUT2D eigenvalue weighted by Crippen LogP contribution is -2.04. The van der Waals surface area contributed by atoms with Gasteiger partial charge in [-0.3, -0.25) is 9.55 Å². The van der Waals surface area contributed by atoms with Crippen molar-refractivity contribution < 1.29 is 0 Å². The van der Waals surface area contributed by atoms with E-state index in [1.165, 1.54) is 42.1 Å². The highest BCUT2D eigenvalue weighted by atomic mass is 32.1. The lowest BCUT2D eigenvalue weighted by molar-refractivity contribution is 0.965. The van der Waals surface area contributed by atoms with Crippen molar-refractivity contribution in [2.45, 2.75) is 0 Å². The number of benzene rings is 6. The Kier molecular flexibility index (Phi) is 5.38. The van der Waals surface area contributed by atoms with Gasteiger partial charge in [0.15, 0.2) is 5.82 Å². The highest BCUT2D eigenvalue weighted by Crippen LogP contribution is 2.41. The van der Waals surface area contributed by atoms with Crippen molar-refractivity contribution in [3.63, 3.8) is 0 Å². The fourth-order valence-corrected chi connectivity index (χ4v) is 8.07. The highest BCUT2D eigenvalue weighted by molar-refractivity contribution is 7.25. The largest absolute Gasteiger partial charge is 0.290 e. The normalized spacial score (nSPS) is 11.9. The van der Waals surface area contributed by atoms with Crippen LogP contribution in [0.5, 0.6) is 0 Å². The zero-order valence-electron chi connectivity index (χ0n) is 24.4. The molecule has 0 bridgehead atoms. The van der Waals surface area contributed by atoms with Crippen LogP contribution in [0.1, 0.15) is 0 Å². The Bertz CT molecular complexity index is 2820. The summed E-state index contributed by atoms with van der Waals surface area (Å²) in [5.41, 5.74) is 7.58. The molecule has 0 aliphatic rings. The molecule has 46 heavy (non-hydrogen) atoms. The summed E-state index contributed by atoms with van der Waals surface area (Å²) < 4.78 is 4.70. The monoisotopic (exact) mass is 605 g/mol. The van der Waals surface area contributed by atoms with E-state index >= 15 is 0 Å². The predicted octanol–water partition coefficient (Wildman–Crippen LogP) is 10.4. The number of fused-ring (bicyclic) bond motifs is 8. The van der Waals surface area contributed by atoms with Gasteiger partial charge < -0.3 is 0 Å². The van der Waals surface area contributed by atoms with Gasteiger partial charge in [0.1, 0.15) is 16.7 Å². The molecule has 4 heterocycles. The van der Waals surface area contributed by atoms with E-state index in [-0.39, 0.29) is 0 Å². The Morgan fingerprint density at radius 3 is 2.15 bits per heavy atom. The van der Waals surface area contributed by atoms with E-state index in [1.807, 2.05) is 0 Å². The summed E-state index contributed by atoms with van der Waals surface area (Å²) in [7, 11) is 0. The summed E-state index contributed by atoms with van der Waals surface area (Å²) in [5.74, 6) is 0.662. The molecule has 5 nitrogen and oxygen atoms in total. The number of hydrogen-bond donors (Lipinski definition) is 0. The van der Waals surface area contributed by atoms with Gasteiger partial charge in [-0.1, -0.05) is 97.1 Å². The Morgan fingerprint density at radius 2 is 1.26 bits per heavy atom. The van der Waals surface area contributed by atoms with Gasteiger partial charge in [-0.15, -0.1) is 21.5 Å². The van der Waals surface area contributed by atoms with Crippen molar-refractivity contribution in [1.82, 2.24) is 24.7 Å². The van der Waals surface area contributed by atoms with Crippen LogP contribution in [0, 0.1) is 0 Å². The fraction of sp³-hybridized carbons (Fsp3) is 0. The van der Waals surface area contributed by atoms with Gasteiger partial charge in [-0.25, -0.2) is 4.98 Å². The third-order valence-electron chi connectivity index (χ3n) is 8.99. The van der Waals surface area contributed by atoms with E-state index in [9.17, 15) is 0 Å². The van der Waals surface area contributed by atoms with Crippen LogP contribution >= 0.6 is 11.3 Å². The number of hydrogen-bond acceptors (Lipinski definition) is 5. The zero-order valence-corrected chi connectivity index (χ0v) is 25.2. The molecule has 0 spiro atoms. The van der Waals surface area contributed by atoms with Crippen LogP contribution in [-0.2, 0) is 0 Å². The molecule has 4 aromatic heterocycles. The van der Waals surface area contributed by atoms with Crippen LogP contribution in [0.15, 0.2) is 140 Å². The standard InChI is InChI=1S/C40H23N5S/c1-2-9-24(10-3-1)28-14-8-15-32-36(28)31-21-25-11-4-5-12-26(25)22-33(31)45(32)40-39-38(41-19-20-42-39)37(43-44-40)27-17-18-30-29-13-6-7-16-34(29)46-35(30)23-27/h1-23H. The summed E-state index contributed by atoms with van der Waals surface area (Å²) in [6.45, 7) is 0. The minimum Gasteiger partial charge on any atom is -0.290 e. The Labute approximate surface area is 267 Å². The third-order valence-corrected chi connectivity index (χ3v) is 10.1. The van der Waals surface area contributed by atoms with Crippen LogP contribution in [0.3, 0.4) is 0 Å². The van der Waals surface area contributed by atoms with E-state index in [1.54, 1.807) is 23.7 Å². The van der Waals surface area contributed by atoms with Crippen LogP contribution in [-0.4, -0.2) is 24.7 Å². The lowest BCUT2D eigenvalue weighted by atomic mass is 9.98. The molecule has 0 atom stereocenters. The highest BCUT2D eigenvalue weighted by Gasteiger charge is 2.22. The maximum Gasteiger partial charge on any atom is 0.188 e. The van der Waals surface area contributed by atoms with Crippen molar-refractivity contribution in [2.75, 3.05) is 0 Å². The van der Waals surface area contributed by atoms with Crippen molar-refractivity contribution in [2.24, 2.45) is 0 Å². The molecule has 0 aliphatic heterocycles. The number of nitrogens with zero attached hydrogens (tertiary/aromatic N) is 5. The molecular formula is C40H23N5S. The quantitative estimate of drug-likeness (QED) is 0.201. The minimum atomic E-state index is 0.662. The maximum absolute atomic E-state index is 4.95. The lowest BCUT2D eigenvalue weighted by Gasteiger charge is -2.11. The molecule has 10 rings (SSSR count). The number of aromatic nitrogens is 5. The van der Waals surface area contributed by atoms with E-state index in [4.69, 9.17) is 20.2 Å². The van der Waals surface area contributed by atoms with E-state index in [2.05, 4.69) is 132 Å². The molecule has 0 saturated carbocycles. The van der Waals surface area contributed by atoms with Crippen LogP contribution in [0.25, 0.3) is 92.0 Å². The molecule has 0 aliphatic carbocycles. The van der Waals surface area contributed by atoms with Gasteiger partial charge in [-0.2, -0.15) is 0 Å². The van der Waals surface area contributed by atoms with Crippen LogP contribution < -0.4 is 0 Å². The van der Waals surface area contributed by atoms with Gasteiger partial charge in [0.05, 0.1) is 11.0 Å². The van der Waals surface area contributed by atoms with E-state index < -0.39 is 0 Å². The van der Waals surface area contributed by atoms with Gasteiger partial charge in [0, 0.05) is 48.9 Å². The molecule has 6 heteroatoms. The second-order valence-corrected chi connectivity index (χ2v) is 12.6. The molecule has 0 radical (unpaired) electrons. The molecule has 0 fully saturated rings. The molecule has 10 aromatic rings. The number of thiophene rings is 1. The molecule has 6 aromatic carbocycles. The summed E-state index contributed by atoms with van der Waals surface area (Å²) in [5, 5.41) is 17.0. The van der Waals surface area contributed by atoms with Crippen LogP contribution in [0.4, 0.5) is 0 Å². The molecule has 0 unspecified atom stereocenters. The Balaban J connectivity index is 1.27. The maximum atomic E-state index is 4.95. The summed E-state index contributed by atoms with van der Waals surface area (Å²) >= 11 is 1.79. The molecule has 0 amide bonds. The molecular weight excluding hydrogens is 583 g/mol. The molecule has 0 saturated heterocycles. The minimum absolute atomic E-state index is 0.662. The van der Waals surface area contributed by atoms with Gasteiger partial charge in [0.25, 0.3) is 0 Å². The van der Waals surface area contributed by atoms with E-state index in [0.29, 0.717) is 11.3 Å². The number of rotatable bonds is 3. The summed E-state index contributed by atoms with van der Waals surface area (Å²) in [6, 6.07) is 45.2. The Hall–Kier alpha value is -5.98. The smallest absolute Gasteiger partial charge is 0.188 e. The van der Waals surface area contributed by atoms with Crippen molar-refractivity contribution in [1.29, 1.82) is 0 Å². The topological polar surface area (TPSA) is 56.5 Å². The van der Waals surface area contributed by atoms with Gasteiger partial charge in [-0.05, 0) is 52.2 Å². The summed E-state index contributed by atoms with van der Waals surface area (Å²) in [4.78, 5) is 9.74. The first kappa shape index (κ1) is 25.4. The SMILES string of the molecule is c1ccc(-c2cccc3c2c2cc4ccccc4cc2n3-c2nnc(-c3ccc4c(c3)sc3ccccc34)c3nccnc23)cc1. The van der Waals surface area contributed by atoms with E-state index in [0.717, 1.165) is 38.6 Å². The third kappa shape index (κ3) is 3.68. The molecule has 214 valence electrons. The average Bonchev–Trinajstić information content (AvgIpc) is 3.65. The zero-order chi connectivity index (χ0) is 30.2. The first-order valence-corrected chi connectivity index (χ1v) is 16.0. The first-order chi connectivity index (χ1) is 22.8. The van der Waals surface area contributed by atoms with Gasteiger partial charge >= 0.3 is 0 Å². The fourth-order valence-electron chi connectivity index (χ4n) is 6.92.